The molecule has 1 aromatic carbocycles. The van der Waals surface area contributed by atoms with E-state index in [0.717, 1.165) is 42.3 Å². The first kappa shape index (κ1) is 16.6. The average Bonchev–Trinajstić information content (AvgIpc) is 3.36. The van der Waals surface area contributed by atoms with Crippen LogP contribution in [-0.2, 0) is 0 Å². The maximum Gasteiger partial charge on any atom is 0.251 e. The molecule has 25 heavy (non-hydrogen) atoms. The lowest BCUT2D eigenvalue weighted by Crippen LogP contribution is -2.34. The van der Waals surface area contributed by atoms with E-state index in [1.54, 1.807) is 4.68 Å². The van der Waals surface area contributed by atoms with Gasteiger partial charge in [-0.2, -0.15) is 11.8 Å². The van der Waals surface area contributed by atoms with Gasteiger partial charge < -0.3 is 5.32 Å². The molecule has 0 bridgehead atoms. The predicted octanol–water partition coefficient (Wildman–Crippen LogP) is 2.27. The molecule has 1 amide bonds. The van der Waals surface area contributed by atoms with Crippen molar-refractivity contribution in [3.8, 4) is 5.69 Å². The minimum Gasteiger partial charge on any atom is -0.348 e. The summed E-state index contributed by atoms with van der Waals surface area (Å²) in [5.41, 5.74) is 2.54. The fourth-order valence-corrected chi connectivity index (χ4v) is 4.70. The Morgan fingerprint density at radius 2 is 2.28 bits per heavy atom. The average molecular weight is 357 g/mol. The summed E-state index contributed by atoms with van der Waals surface area (Å²) in [6.45, 7) is 1.10. The van der Waals surface area contributed by atoms with Crippen LogP contribution in [0.3, 0.4) is 0 Å². The maximum absolute atomic E-state index is 12.5. The Morgan fingerprint density at radius 3 is 3.04 bits per heavy atom. The first-order valence-electron chi connectivity index (χ1n) is 8.82. The lowest BCUT2D eigenvalue weighted by atomic mass is 10.1. The van der Waals surface area contributed by atoms with Gasteiger partial charge >= 0.3 is 0 Å². The van der Waals surface area contributed by atoms with Crippen molar-refractivity contribution in [2.45, 2.75) is 31.3 Å². The SMILES string of the molecule is CN1CCCC1c1cn(-c2cccc(C(=O)NC3CCSC3)c2)nn1. The van der Waals surface area contributed by atoms with Gasteiger partial charge in [-0.05, 0) is 56.8 Å². The molecule has 3 heterocycles. The van der Waals surface area contributed by atoms with Crippen molar-refractivity contribution in [3.05, 3.63) is 41.7 Å². The van der Waals surface area contributed by atoms with Crippen molar-refractivity contribution in [2.75, 3.05) is 25.1 Å². The fraction of sp³-hybridized carbons (Fsp3) is 0.500. The van der Waals surface area contributed by atoms with E-state index in [0.29, 0.717) is 11.6 Å². The van der Waals surface area contributed by atoms with E-state index in [-0.39, 0.29) is 11.9 Å². The number of rotatable bonds is 4. The highest BCUT2D eigenvalue weighted by molar-refractivity contribution is 7.99. The lowest BCUT2D eigenvalue weighted by Gasteiger charge is -2.15. The molecule has 0 radical (unpaired) electrons. The molecule has 1 N–H and O–H groups in total. The molecule has 2 saturated heterocycles. The Hall–Kier alpha value is -1.86. The fourth-order valence-electron chi connectivity index (χ4n) is 3.55. The highest BCUT2D eigenvalue weighted by Crippen LogP contribution is 2.29. The number of amides is 1. The summed E-state index contributed by atoms with van der Waals surface area (Å²) in [4.78, 5) is 14.8. The number of hydrogen-bond acceptors (Lipinski definition) is 5. The summed E-state index contributed by atoms with van der Waals surface area (Å²) in [7, 11) is 2.13. The molecule has 2 fully saturated rings. The first-order chi connectivity index (χ1) is 12.2. The summed E-state index contributed by atoms with van der Waals surface area (Å²) >= 11 is 1.89. The number of likely N-dealkylation sites (tertiary alicyclic amines) is 1. The largest absolute Gasteiger partial charge is 0.348 e. The van der Waals surface area contributed by atoms with E-state index in [1.165, 1.54) is 6.42 Å². The van der Waals surface area contributed by atoms with E-state index in [2.05, 4.69) is 27.6 Å². The van der Waals surface area contributed by atoms with Crippen LogP contribution < -0.4 is 5.32 Å². The zero-order valence-corrected chi connectivity index (χ0v) is 15.2. The van der Waals surface area contributed by atoms with Gasteiger partial charge in [0.15, 0.2) is 0 Å². The second kappa shape index (κ2) is 7.17. The van der Waals surface area contributed by atoms with Gasteiger partial charge in [0, 0.05) is 17.4 Å². The number of carbonyl (C=O) groups excluding carboxylic acids is 1. The second-order valence-corrected chi connectivity index (χ2v) is 7.96. The van der Waals surface area contributed by atoms with Crippen LogP contribution in [0, 0.1) is 0 Å². The van der Waals surface area contributed by atoms with Crippen LogP contribution >= 0.6 is 11.8 Å². The highest BCUT2D eigenvalue weighted by Gasteiger charge is 2.25. The molecule has 2 unspecified atom stereocenters. The number of hydrogen-bond donors (Lipinski definition) is 1. The number of thioether (sulfide) groups is 1. The Kier molecular flexibility index (Phi) is 4.76. The van der Waals surface area contributed by atoms with Gasteiger partial charge in [-0.1, -0.05) is 11.3 Å². The number of carbonyl (C=O) groups is 1. The van der Waals surface area contributed by atoms with Crippen molar-refractivity contribution in [3.63, 3.8) is 0 Å². The van der Waals surface area contributed by atoms with E-state index >= 15 is 0 Å². The Morgan fingerprint density at radius 1 is 1.36 bits per heavy atom. The number of nitrogens with one attached hydrogen (secondary N) is 1. The smallest absolute Gasteiger partial charge is 0.251 e. The van der Waals surface area contributed by atoms with Gasteiger partial charge in [0.1, 0.15) is 5.69 Å². The number of nitrogens with zero attached hydrogens (tertiary/aromatic N) is 4. The molecular weight excluding hydrogens is 334 g/mol. The summed E-state index contributed by atoms with van der Waals surface area (Å²) in [6, 6.07) is 8.23. The van der Waals surface area contributed by atoms with E-state index < -0.39 is 0 Å². The monoisotopic (exact) mass is 357 g/mol. The molecule has 2 aliphatic heterocycles. The lowest BCUT2D eigenvalue weighted by molar-refractivity contribution is 0.0941. The van der Waals surface area contributed by atoms with Gasteiger partial charge in [-0.3, -0.25) is 9.69 Å². The maximum atomic E-state index is 12.5. The van der Waals surface area contributed by atoms with Crippen LogP contribution in [-0.4, -0.2) is 56.9 Å². The van der Waals surface area contributed by atoms with Crippen molar-refractivity contribution >= 4 is 17.7 Å². The molecule has 132 valence electrons. The third kappa shape index (κ3) is 3.57. The molecule has 1 aromatic heterocycles. The molecule has 2 aliphatic rings. The van der Waals surface area contributed by atoms with Gasteiger partial charge in [-0.15, -0.1) is 5.10 Å². The minimum atomic E-state index is -0.00906. The topological polar surface area (TPSA) is 63.1 Å². The molecular formula is C18H23N5OS. The summed E-state index contributed by atoms with van der Waals surface area (Å²) in [5.74, 6) is 2.12. The first-order valence-corrected chi connectivity index (χ1v) is 9.98. The van der Waals surface area contributed by atoms with Crippen LogP contribution in [0.5, 0.6) is 0 Å². The van der Waals surface area contributed by atoms with Crippen LogP contribution in [0.1, 0.15) is 41.4 Å². The quantitative estimate of drug-likeness (QED) is 0.909. The van der Waals surface area contributed by atoms with Crippen molar-refractivity contribution < 1.29 is 4.79 Å². The normalized spacial score (nSPS) is 23.9. The summed E-state index contributed by atoms with van der Waals surface area (Å²) < 4.78 is 1.77. The van der Waals surface area contributed by atoms with E-state index in [9.17, 15) is 4.79 Å². The van der Waals surface area contributed by atoms with E-state index in [1.807, 2.05) is 42.2 Å². The molecule has 2 aromatic rings. The predicted molar refractivity (Wildman–Crippen MR) is 99.2 cm³/mol. The van der Waals surface area contributed by atoms with Gasteiger partial charge in [0.2, 0.25) is 0 Å². The molecule has 0 aliphatic carbocycles. The van der Waals surface area contributed by atoms with Gasteiger partial charge in [-0.25, -0.2) is 4.68 Å². The number of benzene rings is 1. The molecule has 6 nitrogen and oxygen atoms in total. The van der Waals surface area contributed by atoms with Crippen molar-refractivity contribution in [2.24, 2.45) is 0 Å². The van der Waals surface area contributed by atoms with Crippen LogP contribution in [0.4, 0.5) is 0 Å². The standard InChI is InChI=1S/C18H23N5OS/c1-22-8-3-6-17(22)16-11-23(21-20-16)15-5-2-4-13(10-15)18(24)19-14-7-9-25-12-14/h2,4-5,10-11,14,17H,3,6-9,12H2,1H3,(H,19,24). The summed E-state index contributed by atoms with van der Waals surface area (Å²) in [6.07, 6.45) is 5.36. The highest BCUT2D eigenvalue weighted by atomic mass is 32.2. The van der Waals surface area contributed by atoms with Crippen LogP contribution in [0.2, 0.25) is 0 Å². The molecule has 0 saturated carbocycles. The molecule has 7 heteroatoms. The second-order valence-electron chi connectivity index (χ2n) is 6.81. The van der Waals surface area contributed by atoms with Crippen molar-refractivity contribution in [1.29, 1.82) is 0 Å². The Labute approximate surface area is 152 Å². The van der Waals surface area contributed by atoms with Crippen molar-refractivity contribution in [1.82, 2.24) is 25.2 Å². The Bertz CT molecular complexity index is 755. The zero-order valence-electron chi connectivity index (χ0n) is 14.4. The van der Waals surface area contributed by atoms with Gasteiger partial charge in [0.05, 0.1) is 17.9 Å². The summed E-state index contributed by atoms with van der Waals surface area (Å²) in [5, 5.41) is 11.7. The molecule has 4 rings (SSSR count). The molecule has 2 atom stereocenters. The zero-order chi connectivity index (χ0) is 17.2. The Balaban J connectivity index is 1.51. The molecule has 0 spiro atoms. The third-order valence-electron chi connectivity index (χ3n) is 5.01. The van der Waals surface area contributed by atoms with E-state index in [4.69, 9.17) is 0 Å². The minimum absolute atomic E-state index is 0.00906. The van der Waals surface area contributed by atoms with Crippen LogP contribution in [0.15, 0.2) is 30.5 Å². The third-order valence-corrected chi connectivity index (χ3v) is 6.17. The van der Waals surface area contributed by atoms with Crippen LogP contribution in [0.25, 0.3) is 5.69 Å². The number of aromatic nitrogens is 3. The van der Waals surface area contributed by atoms with Gasteiger partial charge in [0.25, 0.3) is 5.91 Å².